The molecule has 1 aliphatic rings. The van der Waals surface area contributed by atoms with Crippen LogP contribution in [0, 0.1) is 6.92 Å². The van der Waals surface area contributed by atoms with Gasteiger partial charge in [0.25, 0.3) is 0 Å². The van der Waals surface area contributed by atoms with E-state index in [4.69, 9.17) is 0 Å². The molecule has 2 rings (SSSR count). The number of aryl methyl sites for hydroxylation is 1. The minimum Gasteiger partial charge on any atom is -0.352 e. The van der Waals surface area contributed by atoms with Crippen LogP contribution in [0.15, 0.2) is 12.1 Å². The summed E-state index contributed by atoms with van der Waals surface area (Å²) in [6.07, 6.45) is 4.16. The van der Waals surface area contributed by atoms with Gasteiger partial charge in [0.05, 0.1) is 5.54 Å². The lowest BCUT2D eigenvalue weighted by Crippen LogP contribution is -2.58. The van der Waals surface area contributed by atoms with Crippen molar-refractivity contribution >= 4 is 29.7 Å². The van der Waals surface area contributed by atoms with E-state index in [1.807, 2.05) is 18.3 Å². The summed E-state index contributed by atoms with van der Waals surface area (Å²) < 4.78 is 0. The lowest BCUT2D eigenvalue weighted by Gasteiger charge is -2.34. The van der Waals surface area contributed by atoms with Crippen molar-refractivity contribution in [2.75, 3.05) is 6.54 Å². The van der Waals surface area contributed by atoms with E-state index in [0.717, 1.165) is 25.8 Å². The van der Waals surface area contributed by atoms with E-state index in [9.17, 15) is 4.79 Å². The van der Waals surface area contributed by atoms with Gasteiger partial charge in [-0.3, -0.25) is 4.79 Å². The van der Waals surface area contributed by atoms with Gasteiger partial charge in [0.2, 0.25) is 5.91 Å². The lowest BCUT2D eigenvalue weighted by molar-refractivity contribution is -0.128. The minimum absolute atomic E-state index is 0. The Morgan fingerprint density at radius 2 is 2.25 bits per heavy atom. The number of carbonyl (C=O) groups is 1. The Morgan fingerprint density at radius 1 is 1.50 bits per heavy atom. The minimum atomic E-state index is -0.377. The van der Waals surface area contributed by atoms with Crippen molar-refractivity contribution in [2.24, 2.45) is 0 Å². The molecule has 1 fully saturated rings. The molecule has 1 aromatic rings. The van der Waals surface area contributed by atoms with Crippen molar-refractivity contribution in [2.45, 2.75) is 58.0 Å². The maximum absolute atomic E-state index is 12.4. The van der Waals surface area contributed by atoms with E-state index in [-0.39, 0.29) is 29.9 Å². The molecule has 2 atom stereocenters. The predicted molar refractivity (Wildman–Crippen MR) is 87.9 cm³/mol. The molecule has 114 valence electrons. The molecule has 2 unspecified atom stereocenters. The van der Waals surface area contributed by atoms with Crippen molar-refractivity contribution in [3.63, 3.8) is 0 Å². The van der Waals surface area contributed by atoms with Gasteiger partial charge in [-0.1, -0.05) is 0 Å². The maximum Gasteiger partial charge on any atom is 0.240 e. The number of nitrogens with one attached hydrogen (secondary N) is 2. The fourth-order valence-corrected chi connectivity index (χ4v) is 3.60. The summed E-state index contributed by atoms with van der Waals surface area (Å²) in [4.78, 5) is 15.0. The first kappa shape index (κ1) is 17.5. The van der Waals surface area contributed by atoms with E-state index >= 15 is 0 Å². The van der Waals surface area contributed by atoms with Gasteiger partial charge in [-0.25, -0.2) is 0 Å². The predicted octanol–water partition coefficient (Wildman–Crippen LogP) is 3.06. The summed E-state index contributed by atoms with van der Waals surface area (Å²) in [7, 11) is 0. The number of piperidine rings is 1. The van der Waals surface area contributed by atoms with E-state index in [1.165, 1.54) is 16.2 Å². The Hall–Kier alpha value is -0.580. The van der Waals surface area contributed by atoms with Gasteiger partial charge < -0.3 is 10.6 Å². The van der Waals surface area contributed by atoms with Gasteiger partial charge in [0.15, 0.2) is 0 Å². The molecule has 2 heterocycles. The number of rotatable bonds is 4. The zero-order valence-electron chi connectivity index (χ0n) is 12.5. The number of hydrogen-bond donors (Lipinski definition) is 2. The van der Waals surface area contributed by atoms with Crippen LogP contribution in [-0.2, 0) is 11.2 Å². The molecule has 5 heteroatoms. The molecule has 3 nitrogen and oxygen atoms in total. The first-order valence-electron chi connectivity index (χ1n) is 7.11. The van der Waals surface area contributed by atoms with Crippen molar-refractivity contribution in [1.29, 1.82) is 0 Å². The third-order valence-corrected chi connectivity index (χ3v) is 4.82. The van der Waals surface area contributed by atoms with E-state index in [1.54, 1.807) is 0 Å². The van der Waals surface area contributed by atoms with Gasteiger partial charge in [0, 0.05) is 22.2 Å². The van der Waals surface area contributed by atoms with E-state index in [2.05, 4.69) is 36.6 Å². The van der Waals surface area contributed by atoms with Crippen molar-refractivity contribution in [1.82, 2.24) is 10.6 Å². The Labute approximate surface area is 131 Å². The van der Waals surface area contributed by atoms with Crippen molar-refractivity contribution in [3.8, 4) is 0 Å². The highest BCUT2D eigenvalue weighted by Crippen LogP contribution is 2.20. The van der Waals surface area contributed by atoms with Crippen LogP contribution in [0.25, 0.3) is 0 Å². The van der Waals surface area contributed by atoms with Crippen LogP contribution in [0.2, 0.25) is 0 Å². The topological polar surface area (TPSA) is 41.1 Å². The Kier molecular flexibility index (Phi) is 6.49. The number of halogens is 1. The highest BCUT2D eigenvalue weighted by atomic mass is 35.5. The average molecular weight is 317 g/mol. The van der Waals surface area contributed by atoms with Gasteiger partial charge in [-0.15, -0.1) is 23.7 Å². The first-order chi connectivity index (χ1) is 8.99. The average Bonchev–Trinajstić information content (AvgIpc) is 2.75. The molecule has 0 radical (unpaired) electrons. The molecule has 1 aliphatic heterocycles. The maximum atomic E-state index is 12.4. The molecule has 1 saturated heterocycles. The second-order valence-corrected chi connectivity index (χ2v) is 7.18. The van der Waals surface area contributed by atoms with E-state index < -0.39 is 0 Å². The highest BCUT2D eigenvalue weighted by Gasteiger charge is 2.34. The third-order valence-electron chi connectivity index (χ3n) is 3.80. The summed E-state index contributed by atoms with van der Waals surface area (Å²) in [5, 5.41) is 6.51. The molecule has 0 aromatic carbocycles. The molecular formula is C15H25ClN2OS. The fraction of sp³-hybridized carbons (Fsp3) is 0.667. The van der Waals surface area contributed by atoms with Gasteiger partial charge in [-0.05, 0) is 58.7 Å². The number of carbonyl (C=O) groups excluding carboxylic acids is 1. The van der Waals surface area contributed by atoms with Crippen LogP contribution >= 0.6 is 23.7 Å². The molecule has 1 amide bonds. The summed E-state index contributed by atoms with van der Waals surface area (Å²) in [6, 6.07) is 4.48. The van der Waals surface area contributed by atoms with Crippen LogP contribution in [0.4, 0.5) is 0 Å². The van der Waals surface area contributed by atoms with E-state index in [0.29, 0.717) is 0 Å². The highest BCUT2D eigenvalue weighted by molar-refractivity contribution is 7.11. The second kappa shape index (κ2) is 7.43. The zero-order valence-corrected chi connectivity index (χ0v) is 14.1. The van der Waals surface area contributed by atoms with Gasteiger partial charge in [0.1, 0.15) is 0 Å². The molecule has 1 aromatic heterocycles. The third kappa shape index (κ3) is 4.47. The number of hydrogen-bond acceptors (Lipinski definition) is 3. The second-order valence-electron chi connectivity index (χ2n) is 5.81. The van der Waals surface area contributed by atoms with Crippen molar-refractivity contribution < 1.29 is 4.79 Å². The standard InChI is InChI=1S/C15H24N2OS.ClH/c1-11(10-13-7-6-12(2)19-13)17-14(18)15(3)8-4-5-9-16-15;/h6-7,11,16H,4-5,8-10H2,1-3H3,(H,17,18);1H. The fourth-order valence-electron chi connectivity index (χ4n) is 2.58. The molecule has 0 saturated carbocycles. The Bertz CT molecular complexity index is 441. The normalized spacial score (nSPS) is 23.8. The van der Waals surface area contributed by atoms with Crippen LogP contribution < -0.4 is 10.6 Å². The van der Waals surface area contributed by atoms with Crippen LogP contribution in [0.1, 0.15) is 42.9 Å². The quantitative estimate of drug-likeness (QED) is 0.896. The molecular weight excluding hydrogens is 292 g/mol. The summed E-state index contributed by atoms with van der Waals surface area (Å²) >= 11 is 1.81. The molecule has 0 spiro atoms. The molecule has 0 aliphatic carbocycles. The number of thiophene rings is 1. The first-order valence-corrected chi connectivity index (χ1v) is 7.92. The zero-order chi connectivity index (χ0) is 13.9. The van der Waals surface area contributed by atoms with Crippen LogP contribution in [0.5, 0.6) is 0 Å². The van der Waals surface area contributed by atoms with Crippen molar-refractivity contribution in [3.05, 3.63) is 21.9 Å². The monoisotopic (exact) mass is 316 g/mol. The van der Waals surface area contributed by atoms with Gasteiger partial charge >= 0.3 is 0 Å². The Balaban J connectivity index is 0.00000200. The SMILES string of the molecule is Cc1ccc(CC(C)NC(=O)C2(C)CCCCN2)s1.Cl. The molecule has 20 heavy (non-hydrogen) atoms. The van der Waals surface area contributed by atoms with Crippen LogP contribution in [-0.4, -0.2) is 24.0 Å². The Morgan fingerprint density at radius 3 is 2.80 bits per heavy atom. The molecule has 2 N–H and O–H groups in total. The summed E-state index contributed by atoms with van der Waals surface area (Å²) in [6.45, 7) is 7.16. The largest absolute Gasteiger partial charge is 0.352 e. The lowest BCUT2D eigenvalue weighted by atomic mass is 9.90. The smallest absolute Gasteiger partial charge is 0.240 e. The summed E-state index contributed by atoms with van der Waals surface area (Å²) in [5.41, 5.74) is -0.377. The van der Waals surface area contributed by atoms with Crippen LogP contribution in [0.3, 0.4) is 0 Å². The van der Waals surface area contributed by atoms with Gasteiger partial charge in [-0.2, -0.15) is 0 Å². The summed E-state index contributed by atoms with van der Waals surface area (Å²) in [5.74, 6) is 0.146. The number of amides is 1. The molecule has 0 bridgehead atoms.